The Morgan fingerprint density at radius 1 is 1.09 bits per heavy atom. The zero-order valence-electron chi connectivity index (χ0n) is 23.0. The summed E-state index contributed by atoms with van der Waals surface area (Å²) >= 11 is 7.10. The van der Waals surface area contributed by atoms with Crippen molar-refractivity contribution in [2.45, 2.75) is 36.6 Å². The van der Waals surface area contributed by atoms with Gasteiger partial charge >= 0.3 is 11.9 Å². The van der Waals surface area contributed by atoms with E-state index < -0.39 is 48.8 Å². The van der Waals surface area contributed by atoms with Gasteiger partial charge < -0.3 is 30.5 Å². The first-order valence-electron chi connectivity index (χ1n) is 13.4. The average molecular weight is 655 g/mol. The summed E-state index contributed by atoms with van der Waals surface area (Å²) in [5, 5.41) is 31.8. The lowest BCUT2D eigenvalue weighted by atomic mass is 9.90. The van der Waals surface area contributed by atoms with Crippen molar-refractivity contribution in [1.29, 1.82) is 0 Å². The maximum absolute atomic E-state index is 15.4. The number of hydrogen-bond acceptors (Lipinski definition) is 11. The molecule has 45 heavy (non-hydrogen) atoms. The van der Waals surface area contributed by atoms with Crippen LogP contribution in [0.4, 0.5) is 10.2 Å². The second-order valence-corrected chi connectivity index (χ2v) is 11.3. The Morgan fingerprint density at radius 2 is 1.78 bits per heavy atom. The van der Waals surface area contributed by atoms with Crippen molar-refractivity contribution < 1.29 is 38.8 Å². The lowest BCUT2D eigenvalue weighted by molar-refractivity contribution is -0.177. The van der Waals surface area contributed by atoms with Crippen molar-refractivity contribution in [2.75, 3.05) is 12.3 Å². The molecule has 232 valence electrons. The lowest BCUT2D eigenvalue weighted by Crippen LogP contribution is -2.44. The number of ether oxygens (including phenoxy) is 2. The normalized spacial score (nSPS) is 21.1. The largest absolute Gasteiger partial charge is 0.479 e. The Balaban J connectivity index is 1.24. The third-order valence-corrected chi connectivity index (χ3v) is 8.30. The molecular weight excluding hydrogens is 631 g/mol. The molecule has 5 atom stereocenters. The fourth-order valence-corrected chi connectivity index (χ4v) is 5.96. The number of carboxylic acid groups (broad SMARTS) is 2. The first kappa shape index (κ1) is 30.5. The number of rotatable bonds is 10. The number of nitrogens with two attached hydrogens (primary N) is 1. The molecule has 1 fully saturated rings. The van der Waals surface area contributed by atoms with Crippen LogP contribution in [0.2, 0.25) is 5.28 Å². The van der Waals surface area contributed by atoms with Crippen LogP contribution in [-0.4, -0.2) is 76.7 Å². The maximum Gasteiger partial charge on any atom is 0.342 e. The van der Waals surface area contributed by atoms with Crippen LogP contribution in [0.3, 0.4) is 0 Å². The molecule has 5 N–H and O–H groups in total. The zero-order valence-corrected chi connectivity index (χ0v) is 24.6. The summed E-state index contributed by atoms with van der Waals surface area (Å²) in [6.07, 6.45) is -5.22. The van der Waals surface area contributed by atoms with Gasteiger partial charge in [0.2, 0.25) is 10.9 Å². The second kappa shape index (κ2) is 12.1. The number of hydrogen-bond donors (Lipinski definition) is 4. The number of carboxylic acids is 2. The first-order chi connectivity index (χ1) is 21.6. The van der Waals surface area contributed by atoms with Gasteiger partial charge in [0.15, 0.2) is 23.9 Å². The van der Waals surface area contributed by atoms with E-state index in [0.29, 0.717) is 5.56 Å². The van der Waals surface area contributed by atoms with Crippen molar-refractivity contribution in [3.05, 3.63) is 87.9 Å². The van der Waals surface area contributed by atoms with Crippen molar-refractivity contribution in [3.63, 3.8) is 0 Å². The number of aromatic nitrogens is 5. The molecule has 0 bridgehead atoms. The summed E-state index contributed by atoms with van der Waals surface area (Å²) in [5.74, 6) is -2.39. The number of aliphatic hydroxyl groups excluding tert-OH is 1. The van der Waals surface area contributed by atoms with E-state index in [-0.39, 0.29) is 39.9 Å². The number of nitrogen functional groups attached to an aromatic ring is 1. The molecule has 0 spiro atoms. The summed E-state index contributed by atoms with van der Waals surface area (Å²) in [4.78, 5) is 40.2. The number of halogens is 2. The second-order valence-electron chi connectivity index (χ2n) is 10.3. The topological polar surface area (TPSA) is 196 Å². The highest BCUT2D eigenvalue weighted by molar-refractivity contribution is 7.07. The van der Waals surface area contributed by atoms with Gasteiger partial charge in [-0.1, -0.05) is 36.4 Å². The van der Waals surface area contributed by atoms with Gasteiger partial charge in [-0.05, 0) is 40.4 Å². The molecule has 0 radical (unpaired) electrons. The molecule has 16 heteroatoms. The first-order valence-corrected chi connectivity index (χ1v) is 14.7. The zero-order chi connectivity index (χ0) is 31.9. The van der Waals surface area contributed by atoms with Crippen LogP contribution in [0.5, 0.6) is 0 Å². The van der Waals surface area contributed by atoms with Gasteiger partial charge in [0.05, 0.1) is 29.7 Å². The van der Waals surface area contributed by atoms with Gasteiger partial charge in [-0.3, -0.25) is 4.57 Å². The molecule has 1 saturated heterocycles. The van der Waals surface area contributed by atoms with Gasteiger partial charge in [-0.15, -0.1) is 11.3 Å². The molecular formula is C29H24ClFN6O7S. The Labute approximate surface area is 262 Å². The molecule has 1 aliphatic rings. The van der Waals surface area contributed by atoms with E-state index in [1.54, 1.807) is 41.8 Å². The minimum atomic E-state index is -2.01. The Kier molecular flexibility index (Phi) is 8.20. The van der Waals surface area contributed by atoms with Crippen LogP contribution in [0.1, 0.15) is 27.8 Å². The molecule has 13 nitrogen and oxygen atoms in total. The van der Waals surface area contributed by atoms with Gasteiger partial charge in [0.25, 0.3) is 0 Å². The van der Waals surface area contributed by atoms with E-state index in [4.69, 9.17) is 31.9 Å². The highest BCUT2D eigenvalue weighted by Gasteiger charge is 2.49. The van der Waals surface area contributed by atoms with Gasteiger partial charge in [-0.25, -0.2) is 23.9 Å². The molecule has 1 unspecified atom stereocenters. The van der Waals surface area contributed by atoms with Crippen LogP contribution in [0.25, 0.3) is 22.3 Å². The van der Waals surface area contributed by atoms with Gasteiger partial charge in [0.1, 0.15) is 17.7 Å². The molecule has 6 rings (SSSR count). The summed E-state index contributed by atoms with van der Waals surface area (Å²) in [6.45, 7) is -0.500. The van der Waals surface area contributed by atoms with Crippen molar-refractivity contribution >= 4 is 51.9 Å². The smallest absolute Gasteiger partial charge is 0.342 e. The van der Waals surface area contributed by atoms with Crippen LogP contribution < -0.4 is 5.73 Å². The Hall–Kier alpha value is -4.54. The predicted octanol–water partition coefficient (Wildman–Crippen LogP) is 3.72. The highest BCUT2D eigenvalue weighted by Crippen LogP contribution is 2.37. The predicted molar refractivity (Wildman–Crippen MR) is 159 cm³/mol. The number of aliphatic carboxylic acids is 1. The highest BCUT2D eigenvalue weighted by atomic mass is 35.5. The third-order valence-electron chi connectivity index (χ3n) is 7.55. The number of fused-ring (bicyclic) bond motifs is 1. The average Bonchev–Trinajstić information content (AvgIpc) is 3.77. The number of alkyl halides is 1. The minimum absolute atomic E-state index is 0.0174. The molecule has 5 aromatic rings. The number of imidazole rings is 1. The van der Waals surface area contributed by atoms with E-state index >= 15 is 4.39 Å². The van der Waals surface area contributed by atoms with Crippen molar-refractivity contribution in [1.82, 2.24) is 24.5 Å². The fourth-order valence-electron chi connectivity index (χ4n) is 5.17. The molecule has 0 aliphatic carbocycles. The number of anilines is 1. The number of aromatic carboxylic acids is 1. The Bertz CT molecular complexity index is 1860. The maximum atomic E-state index is 15.4. The molecule has 0 amide bonds. The quantitative estimate of drug-likeness (QED) is 0.160. The molecule has 4 heterocycles. The standard InChI is InChI=1S/C29H24ClFN6O7S/c30-28-35-23(32)21-24(36-28)37(12-33-21)25-20(31)22(38)18(44-25)10-43-29(27(41)42,19-11-45-13-34-19)9-14-1-3-15(4-2-14)16-5-7-17(8-6-16)26(39)40/h1-8,11-13,18,20,22,25,38H,9-10H2,(H,39,40)(H,41,42)(H2,32,35,36)/t18-,20+,22-,25-,29?/m1/s1. The van der Waals surface area contributed by atoms with Crippen LogP contribution >= 0.6 is 22.9 Å². The van der Waals surface area contributed by atoms with Crippen molar-refractivity contribution in [2.24, 2.45) is 0 Å². The van der Waals surface area contributed by atoms with E-state index in [1.807, 2.05) is 0 Å². The SMILES string of the molecule is Nc1nc(Cl)nc2c1ncn2[C@@H]1O[C@H](COC(Cc2ccc(-c3ccc(C(=O)O)cc3)cc2)(C(=O)O)c2cscn2)[C@@H](O)[C@@H]1F. The monoisotopic (exact) mass is 654 g/mol. The molecule has 1 aliphatic heterocycles. The minimum Gasteiger partial charge on any atom is -0.479 e. The molecule has 2 aromatic carbocycles. The van der Waals surface area contributed by atoms with Gasteiger partial charge in [0, 0.05) is 11.8 Å². The van der Waals surface area contributed by atoms with E-state index in [9.17, 15) is 19.8 Å². The van der Waals surface area contributed by atoms with Crippen LogP contribution in [-0.2, 0) is 26.3 Å². The van der Waals surface area contributed by atoms with Gasteiger partial charge in [-0.2, -0.15) is 9.97 Å². The Morgan fingerprint density at radius 3 is 2.40 bits per heavy atom. The van der Waals surface area contributed by atoms with Crippen molar-refractivity contribution in [3.8, 4) is 11.1 Å². The van der Waals surface area contributed by atoms with E-state index in [1.165, 1.54) is 39.9 Å². The van der Waals surface area contributed by atoms with E-state index in [2.05, 4.69) is 19.9 Å². The molecule has 0 saturated carbocycles. The number of aliphatic hydroxyl groups is 1. The summed E-state index contributed by atoms with van der Waals surface area (Å²) < 4.78 is 28.5. The number of thiazole rings is 1. The van der Waals surface area contributed by atoms with Crippen LogP contribution in [0, 0.1) is 0 Å². The van der Waals surface area contributed by atoms with E-state index in [0.717, 1.165) is 11.1 Å². The summed E-state index contributed by atoms with van der Waals surface area (Å²) in [5.41, 5.74) is 8.00. The summed E-state index contributed by atoms with van der Waals surface area (Å²) in [6, 6.07) is 13.4. The fraction of sp³-hybridized carbons (Fsp3) is 0.241. The summed E-state index contributed by atoms with van der Waals surface area (Å²) in [7, 11) is 0. The third kappa shape index (κ3) is 5.71. The lowest BCUT2D eigenvalue weighted by Gasteiger charge is -2.30. The number of nitrogens with zero attached hydrogens (tertiary/aromatic N) is 5. The molecule has 3 aromatic heterocycles. The number of carbonyl (C=O) groups is 2. The number of benzene rings is 2. The van der Waals surface area contributed by atoms with Crippen LogP contribution in [0.15, 0.2) is 65.7 Å².